The minimum Gasteiger partial charge on any atom is -0.375 e. The highest BCUT2D eigenvalue weighted by Gasteiger charge is 2.10. The third-order valence-electron chi connectivity index (χ3n) is 3.37. The van der Waals surface area contributed by atoms with Gasteiger partial charge in [0.2, 0.25) is 5.91 Å². The summed E-state index contributed by atoms with van der Waals surface area (Å²) in [6, 6.07) is 8.06. The summed E-state index contributed by atoms with van der Waals surface area (Å²) < 4.78 is 4.78. The third kappa shape index (κ3) is 4.65. The van der Waals surface area contributed by atoms with Crippen molar-refractivity contribution in [2.45, 2.75) is 25.8 Å². The van der Waals surface area contributed by atoms with Crippen LogP contribution in [-0.2, 0) is 16.1 Å². The van der Waals surface area contributed by atoms with Crippen molar-refractivity contribution in [3.8, 4) is 0 Å². The summed E-state index contributed by atoms with van der Waals surface area (Å²) in [6.07, 6.45) is 3.98. The molecule has 4 heteroatoms. The van der Waals surface area contributed by atoms with Crippen LogP contribution in [-0.4, -0.2) is 37.6 Å². The average Bonchev–Trinajstić information content (AvgIpc) is 2.42. The number of anilines is 1. The molecule has 19 heavy (non-hydrogen) atoms. The van der Waals surface area contributed by atoms with Crippen molar-refractivity contribution in [1.29, 1.82) is 0 Å². The molecule has 0 atom stereocenters. The van der Waals surface area contributed by atoms with Gasteiger partial charge in [0.15, 0.2) is 0 Å². The van der Waals surface area contributed by atoms with Gasteiger partial charge in [-0.3, -0.25) is 9.69 Å². The highest BCUT2D eigenvalue weighted by molar-refractivity contribution is 5.91. The molecule has 1 amide bonds. The average molecular weight is 262 g/mol. The largest absolute Gasteiger partial charge is 0.375 e. The second kappa shape index (κ2) is 7.26. The van der Waals surface area contributed by atoms with E-state index >= 15 is 0 Å². The quantitative estimate of drug-likeness (QED) is 0.885. The lowest BCUT2D eigenvalue weighted by molar-refractivity contribution is -0.119. The zero-order chi connectivity index (χ0) is 13.5. The summed E-state index contributed by atoms with van der Waals surface area (Å²) >= 11 is 0. The number of carbonyl (C=O) groups is 1. The van der Waals surface area contributed by atoms with Crippen LogP contribution < -0.4 is 5.32 Å². The molecule has 1 N–H and O–H groups in total. The van der Waals surface area contributed by atoms with E-state index in [4.69, 9.17) is 4.74 Å². The maximum absolute atomic E-state index is 11.4. The Morgan fingerprint density at radius 2 is 1.89 bits per heavy atom. The number of piperidine rings is 1. The monoisotopic (exact) mass is 262 g/mol. The second-order valence-corrected chi connectivity index (χ2v) is 5.01. The van der Waals surface area contributed by atoms with Gasteiger partial charge in [0.1, 0.15) is 6.61 Å². The van der Waals surface area contributed by atoms with Gasteiger partial charge in [-0.25, -0.2) is 0 Å². The van der Waals surface area contributed by atoms with Crippen LogP contribution in [0.2, 0.25) is 0 Å². The van der Waals surface area contributed by atoms with Gasteiger partial charge in [0.25, 0.3) is 0 Å². The molecule has 0 aromatic heterocycles. The van der Waals surface area contributed by atoms with Crippen molar-refractivity contribution in [3.05, 3.63) is 29.8 Å². The zero-order valence-electron chi connectivity index (χ0n) is 11.5. The molecule has 1 saturated heterocycles. The summed E-state index contributed by atoms with van der Waals surface area (Å²) in [7, 11) is 1.52. The van der Waals surface area contributed by atoms with Gasteiger partial charge in [0, 0.05) is 19.3 Å². The normalized spacial score (nSPS) is 16.3. The van der Waals surface area contributed by atoms with Crippen LogP contribution in [0.3, 0.4) is 0 Å². The standard InChI is InChI=1S/C15H22N2O2/c1-19-12-15(18)16-14-7-5-13(6-8-14)11-17-9-3-2-4-10-17/h5-8H,2-4,9-12H2,1H3,(H,16,18). The van der Waals surface area contributed by atoms with Crippen molar-refractivity contribution >= 4 is 11.6 Å². The molecular weight excluding hydrogens is 240 g/mol. The molecule has 1 fully saturated rings. The molecule has 0 aliphatic carbocycles. The molecule has 2 rings (SSSR count). The minimum absolute atomic E-state index is 0.0928. The number of carbonyl (C=O) groups excluding carboxylic acids is 1. The Morgan fingerprint density at radius 3 is 2.53 bits per heavy atom. The Labute approximate surface area is 114 Å². The number of hydrogen-bond acceptors (Lipinski definition) is 3. The SMILES string of the molecule is COCC(=O)Nc1ccc(CN2CCCCC2)cc1. The van der Waals surface area contributed by atoms with E-state index in [1.54, 1.807) is 0 Å². The number of hydrogen-bond donors (Lipinski definition) is 1. The molecular formula is C15H22N2O2. The number of ether oxygens (including phenoxy) is 1. The maximum atomic E-state index is 11.4. The van der Waals surface area contributed by atoms with E-state index in [1.807, 2.05) is 12.1 Å². The Kier molecular flexibility index (Phi) is 5.36. The lowest BCUT2D eigenvalue weighted by Crippen LogP contribution is -2.29. The van der Waals surface area contributed by atoms with Crippen molar-refractivity contribution in [2.24, 2.45) is 0 Å². The molecule has 0 spiro atoms. The van der Waals surface area contributed by atoms with E-state index in [-0.39, 0.29) is 12.5 Å². The number of rotatable bonds is 5. The summed E-state index contributed by atoms with van der Waals surface area (Å²) in [5.41, 5.74) is 2.12. The van der Waals surface area contributed by atoms with Gasteiger partial charge < -0.3 is 10.1 Å². The zero-order valence-corrected chi connectivity index (χ0v) is 11.5. The van der Waals surface area contributed by atoms with Crippen molar-refractivity contribution in [1.82, 2.24) is 4.90 Å². The number of amides is 1. The second-order valence-electron chi connectivity index (χ2n) is 5.01. The topological polar surface area (TPSA) is 41.6 Å². The van der Waals surface area contributed by atoms with Crippen LogP contribution in [0.5, 0.6) is 0 Å². The fourth-order valence-corrected chi connectivity index (χ4v) is 2.40. The van der Waals surface area contributed by atoms with Crippen molar-refractivity contribution in [2.75, 3.05) is 32.1 Å². The first kappa shape index (κ1) is 14.0. The molecule has 1 aliphatic rings. The summed E-state index contributed by atoms with van der Waals surface area (Å²) in [4.78, 5) is 13.9. The highest BCUT2D eigenvalue weighted by Crippen LogP contribution is 2.15. The molecule has 1 heterocycles. The lowest BCUT2D eigenvalue weighted by Gasteiger charge is -2.26. The number of methoxy groups -OCH3 is 1. The number of benzene rings is 1. The molecule has 1 aromatic rings. The van der Waals surface area contributed by atoms with Crippen molar-refractivity contribution < 1.29 is 9.53 Å². The molecule has 0 unspecified atom stereocenters. The Morgan fingerprint density at radius 1 is 1.21 bits per heavy atom. The van der Waals surface area contributed by atoms with Gasteiger partial charge in [-0.05, 0) is 43.6 Å². The van der Waals surface area contributed by atoms with Gasteiger partial charge >= 0.3 is 0 Å². The Bertz CT molecular complexity index is 397. The van der Waals surface area contributed by atoms with E-state index in [1.165, 1.54) is 45.0 Å². The first-order valence-electron chi connectivity index (χ1n) is 6.88. The van der Waals surface area contributed by atoms with E-state index in [2.05, 4.69) is 22.3 Å². The molecule has 0 radical (unpaired) electrons. The first-order valence-corrected chi connectivity index (χ1v) is 6.88. The number of likely N-dealkylation sites (tertiary alicyclic amines) is 1. The van der Waals surface area contributed by atoms with Crippen LogP contribution in [0.15, 0.2) is 24.3 Å². The van der Waals surface area contributed by atoms with Gasteiger partial charge in [0.05, 0.1) is 0 Å². The molecule has 4 nitrogen and oxygen atoms in total. The van der Waals surface area contributed by atoms with Crippen LogP contribution in [0.4, 0.5) is 5.69 Å². The lowest BCUT2D eigenvalue weighted by atomic mass is 10.1. The van der Waals surface area contributed by atoms with E-state index in [0.717, 1.165) is 12.2 Å². The van der Waals surface area contributed by atoms with E-state index in [9.17, 15) is 4.79 Å². The fraction of sp³-hybridized carbons (Fsp3) is 0.533. The smallest absolute Gasteiger partial charge is 0.250 e. The number of nitrogens with one attached hydrogen (secondary N) is 1. The summed E-state index contributed by atoms with van der Waals surface area (Å²) in [6.45, 7) is 3.50. The molecule has 1 aliphatic heterocycles. The van der Waals surface area contributed by atoms with Crippen LogP contribution in [0, 0.1) is 0 Å². The highest BCUT2D eigenvalue weighted by atomic mass is 16.5. The summed E-state index contributed by atoms with van der Waals surface area (Å²) in [5, 5.41) is 2.80. The van der Waals surface area contributed by atoms with E-state index in [0.29, 0.717) is 0 Å². The van der Waals surface area contributed by atoms with Gasteiger partial charge in [-0.15, -0.1) is 0 Å². The van der Waals surface area contributed by atoms with Crippen LogP contribution in [0.25, 0.3) is 0 Å². The summed E-state index contributed by atoms with van der Waals surface area (Å²) in [5.74, 6) is -0.119. The maximum Gasteiger partial charge on any atom is 0.250 e. The number of nitrogens with zero attached hydrogens (tertiary/aromatic N) is 1. The predicted molar refractivity (Wildman–Crippen MR) is 76.1 cm³/mol. The Balaban J connectivity index is 1.85. The Hall–Kier alpha value is -1.39. The fourth-order valence-electron chi connectivity index (χ4n) is 2.40. The molecule has 104 valence electrons. The minimum atomic E-state index is -0.119. The molecule has 1 aromatic carbocycles. The molecule has 0 saturated carbocycles. The van der Waals surface area contributed by atoms with Crippen molar-refractivity contribution in [3.63, 3.8) is 0 Å². The van der Waals surface area contributed by atoms with Gasteiger partial charge in [-0.2, -0.15) is 0 Å². The van der Waals surface area contributed by atoms with Crippen LogP contribution >= 0.6 is 0 Å². The van der Waals surface area contributed by atoms with E-state index < -0.39 is 0 Å². The van der Waals surface area contributed by atoms with Crippen LogP contribution in [0.1, 0.15) is 24.8 Å². The first-order chi connectivity index (χ1) is 9.28. The van der Waals surface area contributed by atoms with Gasteiger partial charge in [-0.1, -0.05) is 18.6 Å². The molecule has 0 bridgehead atoms. The predicted octanol–water partition coefficient (Wildman–Crippen LogP) is 2.26. The third-order valence-corrected chi connectivity index (χ3v) is 3.37.